The molecule has 4 rings (SSSR count). The first kappa shape index (κ1) is 21.9. The average Bonchev–Trinajstić information content (AvgIpc) is 2.73. The van der Waals surface area contributed by atoms with Crippen LogP contribution in [0.4, 0.5) is 5.69 Å². The van der Waals surface area contributed by atoms with E-state index in [1.807, 2.05) is 58.9 Å². The van der Waals surface area contributed by atoms with Crippen molar-refractivity contribution in [3.63, 3.8) is 0 Å². The summed E-state index contributed by atoms with van der Waals surface area (Å²) >= 11 is 0. The Morgan fingerprint density at radius 2 is 1.38 bits per heavy atom. The molecule has 2 N–H and O–H groups in total. The van der Waals surface area contributed by atoms with Crippen LogP contribution < -0.4 is 4.72 Å². The summed E-state index contributed by atoms with van der Waals surface area (Å²) in [6, 6.07) is 18.2. The molecule has 4 nitrogen and oxygen atoms in total. The molecule has 32 heavy (non-hydrogen) atoms. The van der Waals surface area contributed by atoms with Crippen molar-refractivity contribution >= 4 is 26.5 Å². The third kappa shape index (κ3) is 3.84. The molecule has 0 spiro atoms. The highest BCUT2D eigenvalue weighted by molar-refractivity contribution is 7.92. The van der Waals surface area contributed by atoms with E-state index in [-0.39, 0.29) is 10.6 Å². The molecule has 0 aliphatic carbocycles. The molecule has 0 heterocycles. The highest BCUT2D eigenvalue weighted by Crippen LogP contribution is 2.44. The van der Waals surface area contributed by atoms with Crippen LogP contribution in [0, 0.1) is 34.6 Å². The summed E-state index contributed by atoms with van der Waals surface area (Å²) in [4.78, 5) is 0.197. The van der Waals surface area contributed by atoms with E-state index in [0.29, 0.717) is 16.8 Å². The van der Waals surface area contributed by atoms with E-state index >= 15 is 0 Å². The van der Waals surface area contributed by atoms with Crippen LogP contribution in [0.5, 0.6) is 5.75 Å². The van der Waals surface area contributed by atoms with Crippen LogP contribution >= 0.6 is 0 Å². The van der Waals surface area contributed by atoms with Gasteiger partial charge >= 0.3 is 0 Å². The maximum atomic E-state index is 13.2. The summed E-state index contributed by atoms with van der Waals surface area (Å²) < 4.78 is 29.2. The van der Waals surface area contributed by atoms with Gasteiger partial charge in [-0.05, 0) is 86.3 Å². The van der Waals surface area contributed by atoms with Gasteiger partial charge in [0.2, 0.25) is 0 Å². The number of phenols is 1. The molecule has 0 fully saturated rings. The monoisotopic (exact) mass is 445 g/mol. The number of benzene rings is 4. The van der Waals surface area contributed by atoms with E-state index in [1.165, 1.54) is 0 Å². The Hall–Kier alpha value is -3.31. The van der Waals surface area contributed by atoms with E-state index < -0.39 is 10.0 Å². The third-order valence-corrected chi connectivity index (χ3v) is 7.52. The fourth-order valence-corrected chi connectivity index (χ4v) is 5.17. The molecule has 4 aromatic carbocycles. The summed E-state index contributed by atoms with van der Waals surface area (Å²) in [5.74, 6) is 0.114. The van der Waals surface area contributed by atoms with Crippen molar-refractivity contribution in [2.45, 2.75) is 39.5 Å². The number of rotatable bonds is 4. The van der Waals surface area contributed by atoms with Crippen molar-refractivity contribution in [1.29, 1.82) is 0 Å². The second kappa shape index (κ2) is 7.99. The number of sulfonamides is 1. The van der Waals surface area contributed by atoms with Crippen molar-refractivity contribution in [2.75, 3.05) is 4.72 Å². The molecule has 0 bridgehead atoms. The lowest BCUT2D eigenvalue weighted by Gasteiger charge is -2.21. The maximum absolute atomic E-state index is 13.2. The van der Waals surface area contributed by atoms with Crippen LogP contribution in [0.3, 0.4) is 0 Å². The van der Waals surface area contributed by atoms with Gasteiger partial charge in [0.1, 0.15) is 5.75 Å². The van der Waals surface area contributed by atoms with Gasteiger partial charge in [-0.15, -0.1) is 0 Å². The molecule has 0 unspecified atom stereocenters. The Bertz CT molecular complexity index is 1450. The first-order valence-electron chi connectivity index (χ1n) is 10.5. The molecule has 5 heteroatoms. The predicted molar refractivity (Wildman–Crippen MR) is 132 cm³/mol. The normalized spacial score (nSPS) is 11.7. The van der Waals surface area contributed by atoms with Crippen LogP contribution in [0.1, 0.15) is 27.8 Å². The van der Waals surface area contributed by atoms with E-state index in [2.05, 4.69) is 10.8 Å². The van der Waals surface area contributed by atoms with Crippen LogP contribution in [0.2, 0.25) is 0 Å². The molecule has 0 saturated heterocycles. The van der Waals surface area contributed by atoms with Gasteiger partial charge in [-0.2, -0.15) is 0 Å². The molecule has 4 aromatic rings. The minimum Gasteiger partial charge on any atom is -0.507 e. The highest BCUT2D eigenvalue weighted by atomic mass is 32.2. The van der Waals surface area contributed by atoms with Crippen LogP contribution in [-0.2, 0) is 10.0 Å². The molecular formula is C27H27NO3S. The van der Waals surface area contributed by atoms with Crippen molar-refractivity contribution in [3.05, 3.63) is 88.5 Å². The summed E-state index contributed by atoms with van der Waals surface area (Å²) in [7, 11) is -3.81. The lowest BCUT2D eigenvalue weighted by molar-refractivity contribution is 0.478. The van der Waals surface area contributed by atoms with Gasteiger partial charge in [-0.25, -0.2) is 8.42 Å². The Labute approximate surface area is 189 Å². The maximum Gasteiger partial charge on any atom is 0.261 e. The van der Waals surface area contributed by atoms with Crippen LogP contribution in [0.15, 0.2) is 65.6 Å². The van der Waals surface area contributed by atoms with E-state index in [0.717, 1.165) is 38.6 Å². The topological polar surface area (TPSA) is 66.4 Å². The van der Waals surface area contributed by atoms with Gasteiger partial charge in [0.05, 0.1) is 10.6 Å². The molecule has 164 valence electrons. The van der Waals surface area contributed by atoms with Crippen molar-refractivity contribution in [2.24, 2.45) is 0 Å². The van der Waals surface area contributed by atoms with Crippen LogP contribution in [-0.4, -0.2) is 13.5 Å². The van der Waals surface area contributed by atoms with Gasteiger partial charge in [-0.3, -0.25) is 4.72 Å². The number of aryl methyl sites for hydroxylation is 3. The number of hydrogen-bond acceptors (Lipinski definition) is 3. The average molecular weight is 446 g/mol. The molecule has 0 radical (unpaired) electrons. The quantitative estimate of drug-likeness (QED) is 0.374. The fourth-order valence-electron chi connectivity index (χ4n) is 4.11. The van der Waals surface area contributed by atoms with Crippen molar-refractivity contribution in [1.82, 2.24) is 0 Å². The highest BCUT2D eigenvalue weighted by Gasteiger charge is 2.22. The second-order valence-electron chi connectivity index (χ2n) is 8.47. The number of fused-ring (bicyclic) bond motifs is 1. The number of nitrogens with one attached hydrogen (secondary N) is 1. The Morgan fingerprint density at radius 1 is 0.719 bits per heavy atom. The summed E-state index contributed by atoms with van der Waals surface area (Å²) in [5, 5.41) is 12.8. The molecule has 0 aliphatic rings. The number of hydrogen-bond donors (Lipinski definition) is 2. The largest absolute Gasteiger partial charge is 0.507 e. The fraction of sp³-hybridized carbons (Fsp3) is 0.185. The predicted octanol–water partition coefficient (Wildman–Crippen LogP) is 6.56. The van der Waals surface area contributed by atoms with Crippen molar-refractivity contribution < 1.29 is 13.5 Å². The van der Waals surface area contributed by atoms with E-state index in [4.69, 9.17) is 0 Å². The Kier molecular flexibility index (Phi) is 5.47. The molecule has 0 saturated carbocycles. The molecule has 0 atom stereocenters. The molecule has 0 aliphatic heterocycles. The lowest BCUT2D eigenvalue weighted by Crippen LogP contribution is -2.14. The smallest absolute Gasteiger partial charge is 0.261 e. The summed E-state index contributed by atoms with van der Waals surface area (Å²) in [6.45, 7) is 9.88. The van der Waals surface area contributed by atoms with Crippen LogP contribution in [0.25, 0.3) is 21.9 Å². The minimum atomic E-state index is -3.81. The van der Waals surface area contributed by atoms with Gasteiger partial charge in [0, 0.05) is 11.1 Å². The van der Waals surface area contributed by atoms with E-state index in [9.17, 15) is 13.5 Å². The first-order valence-corrected chi connectivity index (χ1v) is 12.0. The zero-order valence-electron chi connectivity index (χ0n) is 18.9. The Morgan fingerprint density at radius 3 is 2.06 bits per heavy atom. The SMILES string of the molecule is Cc1ccc(S(=O)(=O)Nc2cc(C)c(C)c(C)c2-c2c(O)ccc3cc(C)ccc23)cc1. The zero-order chi connectivity index (χ0) is 23.2. The van der Waals surface area contributed by atoms with Gasteiger partial charge in [-0.1, -0.05) is 47.5 Å². The van der Waals surface area contributed by atoms with E-state index in [1.54, 1.807) is 30.3 Å². The van der Waals surface area contributed by atoms with Crippen molar-refractivity contribution in [3.8, 4) is 16.9 Å². The number of anilines is 1. The second-order valence-corrected chi connectivity index (χ2v) is 10.2. The standard InChI is InChI=1S/C27H27NO3S/c1-16-6-10-22(11-7-16)32(30,31)28-24-15-18(3)19(4)20(5)26(24)27-23-12-8-17(2)14-21(23)9-13-25(27)29/h6-15,28-29H,1-5H3. The first-order chi connectivity index (χ1) is 15.1. The summed E-state index contributed by atoms with van der Waals surface area (Å²) in [6.07, 6.45) is 0. The van der Waals surface area contributed by atoms with Gasteiger partial charge in [0.15, 0.2) is 0 Å². The number of aromatic hydroxyl groups is 1. The molecule has 0 aromatic heterocycles. The molecule has 0 amide bonds. The third-order valence-electron chi connectivity index (χ3n) is 6.14. The van der Waals surface area contributed by atoms with Gasteiger partial charge < -0.3 is 5.11 Å². The number of phenolic OH excluding ortho intramolecular Hbond substituents is 1. The molecular weight excluding hydrogens is 418 g/mol. The van der Waals surface area contributed by atoms with Gasteiger partial charge in [0.25, 0.3) is 10.0 Å². The Balaban J connectivity index is 1.99. The summed E-state index contributed by atoms with van der Waals surface area (Å²) in [5.41, 5.74) is 6.84. The zero-order valence-corrected chi connectivity index (χ0v) is 19.8. The minimum absolute atomic E-state index is 0.114. The lowest BCUT2D eigenvalue weighted by atomic mass is 9.89.